The number of hydrogen-bond donors (Lipinski definition) is 0. The fraction of sp³-hybridized carbons (Fsp3) is 0.400. The fourth-order valence-corrected chi connectivity index (χ4v) is 2.83. The van der Waals surface area contributed by atoms with Gasteiger partial charge in [-0.1, -0.05) is 35.3 Å². The third-order valence-corrected chi connectivity index (χ3v) is 4.62. The van der Waals surface area contributed by atoms with Gasteiger partial charge in [0.2, 0.25) is 0 Å². The second kappa shape index (κ2) is 6.78. The molecule has 102 valence electrons. The molecule has 0 radical (unpaired) electrons. The van der Waals surface area contributed by atoms with E-state index in [2.05, 4.69) is 0 Å². The van der Waals surface area contributed by atoms with Crippen LogP contribution in [-0.2, 0) is 4.79 Å². The van der Waals surface area contributed by atoms with Crippen LogP contribution in [0.5, 0.6) is 0 Å². The van der Waals surface area contributed by atoms with E-state index in [1.54, 1.807) is 24.3 Å². The summed E-state index contributed by atoms with van der Waals surface area (Å²) in [6.07, 6.45) is 7.06. The standard InChI is InChI=1S/C15H15Cl3O/c16-12-5-3-11(4-6-12)15(19)8-2-10-1-7-13(17)14(18)9-10/h1-2,7-9,11-12H,3-6H2/b8-2-. The maximum absolute atomic E-state index is 12.0. The van der Waals surface area contributed by atoms with E-state index in [1.165, 1.54) is 0 Å². The Hall–Kier alpha value is -0.500. The Bertz CT molecular complexity index is 488. The first-order valence-corrected chi connectivity index (χ1v) is 7.56. The van der Waals surface area contributed by atoms with Gasteiger partial charge in [0.1, 0.15) is 0 Å². The van der Waals surface area contributed by atoms with Crippen LogP contribution in [0.2, 0.25) is 10.0 Å². The van der Waals surface area contributed by atoms with Gasteiger partial charge in [-0.05, 0) is 49.5 Å². The highest BCUT2D eigenvalue weighted by atomic mass is 35.5. The molecular formula is C15H15Cl3O. The van der Waals surface area contributed by atoms with E-state index in [-0.39, 0.29) is 17.1 Å². The molecule has 0 heterocycles. The zero-order valence-electron chi connectivity index (χ0n) is 10.4. The van der Waals surface area contributed by atoms with Crippen LogP contribution in [0.4, 0.5) is 0 Å². The predicted molar refractivity (Wildman–Crippen MR) is 82.1 cm³/mol. The smallest absolute Gasteiger partial charge is 0.158 e. The molecule has 0 aromatic heterocycles. The van der Waals surface area contributed by atoms with Gasteiger partial charge in [-0.3, -0.25) is 4.79 Å². The first kappa shape index (κ1) is 14.9. The summed E-state index contributed by atoms with van der Waals surface area (Å²) in [7, 11) is 0. The number of hydrogen-bond acceptors (Lipinski definition) is 1. The molecule has 0 bridgehead atoms. The summed E-state index contributed by atoms with van der Waals surface area (Å²) in [6.45, 7) is 0. The van der Waals surface area contributed by atoms with Gasteiger partial charge in [-0.15, -0.1) is 11.6 Å². The highest BCUT2D eigenvalue weighted by Crippen LogP contribution is 2.29. The van der Waals surface area contributed by atoms with Crippen molar-refractivity contribution >= 4 is 46.7 Å². The highest BCUT2D eigenvalue weighted by molar-refractivity contribution is 6.42. The van der Waals surface area contributed by atoms with Gasteiger partial charge in [-0.2, -0.15) is 0 Å². The minimum Gasteiger partial charge on any atom is -0.295 e. The SMILES string of the molecule is O=C(/C=C\c1ccc(Cl)c(Cl)c1)C1CCC(Cl)CC1. The van der Waals surface area contributed by atoms with Gasteiger partial charge in [0.25, 0.3) is 0 Å². The average Bonchev–Trinajstić information content (AvgIpc) is 2.40. The Morgan fingerprint density at radius 2 is 1.79 bits per heavy atom. The van der Waals surface area contributed by atoms with Crippen molar-refractivity contribution in [1.29, 1.82) is 0 Å². The third kappa shape index (κ3) is 4.24. The van der Waals surface area contributed by atoms with Crippen molar-refractivity contribution in [3.8, 4) is 0 Å². The van der Waals surface area contributed by atoms with Crippen LogP contribution in [0.3, 0.4) is 0 Å². The van der Waals surface area contributed by atoms with Crippen molar-refractivity contribution in [2.24, 2.45) is 5.92 Å². The molecule has 1 aromatic rings. The van der Waals surface area contributed by atoms with Crippen LogP contribution in [0, 0.1) is 5.92 Å². The second-order valence-electron chi connectivity index (χ2n) is 4.86. The van der Waals surface area contributed by atoms with Gasteiger partial charge >= 0.3 is 0 Å². The van der Waals surface area contributed by atoms with E-state index in [9.17, 15) is 4.79 Å². The summed E-state index contributed by atoms with van der Waals surface area (Å²) < 4.78 is 0. The lowest BCUT2D eigenvalue weighted by Gasteiger charge is -2.22. The molecule has 0 saturated heterocycles. The van der Waals surface area contributed by atoms with Gasteiger partial charge < -0.3 is 0 Å². The summed E-state index contributed by atoms with van der Waals surface area (Å²) in [4.78, 5) is 12.0. The molecule has 1 nitrogen and oxygen atoms in total. The van der Waals surface area contributed by atoms with Crippen LogP contribution < -0.4 is 0 Å². The minimum atomic E-state index is 0.119. The molecule has 0 atom stereocenters. The number of carbonyl (C=O) groups is 1. The summed E-state index contributed by atoms with van der Waals surface area (Å²) in [5, 5.41) is 1.26. The predicted octanol–water partition coefficient (Wildman–Crippen LogP) is 5.37. The van der Waals surface area contributed by atoms with Crippen molar-refractivity contribution in [3.63, 3.8) is 0 Å². The lowest BCUT2D eigenvalue weighted by molar-refractivity contribution is -0.118. The fourth-order valence-electron chi connectivity index (χ4n) is 2.27. The van der Waals surface area contributed by atoms with Crippen LogP contribution in [0.1, 0.15) is 31.2 Å². The molecule has 0 spiro atoms. The molecule has 1 aliphatic carbocycles. The molecule has 0 unspecified atom stereocenters. The normalized spacial score (nSPS) is 23.7. The van der Waals surface area contributed by atoms with E-state index < -0.39 is 0 Å². The molecule has 1 fully saturated rings. The molecule has 2 rings (SSSR count). The molecule has 0 amide bonds. The molecule has 1 aliphatic rings. The number of halogens is 3. The number of allylic oxidation sites excluding steroid dienone is 1. The van der Waals surface area contributed by atoms with E-state index in [0.29, 0.717) is 10.0 Å². The number of ketones is 1. The zero-order valence-corrected chi connectivity index (χ0v) is 12.7. The van der Waals surface area contributed by atoms with Crippen molar-refractivity contribution in [1.82, 2.24) is 0 Å². The van der Waals surface area contributed by atoms with E-state index in [0.717, 1.165) is 31.2 Å². The Morgan fingerprint density at radius 1 is 1.11 bits per heavy atom. The number of rotatable bonds is 3. The van der Waals surface area contributed by atoms with Crippen LogP contribution in [0.25, 0.3) is 6.08 Å². The van der Waals surface area contributed by atoms with Crippen molar-refractivity contribution in [3.05, 3.63) is 39.9 Å². The van der Waals surface area contributed by atoms with Crippen LogP contribution in [-0.4, -0.2) is 11.2 Å². The molecule has 0 N–H and O–H groups in total. The molecule has 19 heavy (non-hydrogen) atoms. The zero-order chi connectivity index (χ0) is 13.8. The van der Waals surface area contributed by atoms with Crippen LogP contribution >= 0.6 is 34.8 Å². The first-order valence-electron chi connectivity index (χ1n) is 6.37. The van der Waals surface area contributed by atoms with E-state index in [1.807, 2.05) is 6.07 Å². The van der Waals surface area contributed by atoms with Crippen LogP contribution in [0.15, 0.2) is 24.3 Å². The van der Waals surface area contributed by atoms with Crippen molar-refractivity contribution < 1.29 is 4.79 Å². The topological polar surface area (TPSA) is 17.1 Å². The Labute approximate surface area is 128 Å². The lowest BCUT2D eigenvalue weighted by Crippen LogP contribution is -2.20. The first-order chi connectivity index (χ1) is 9.06. The maximum Gasteiger partial charge on any atom is 0.158 e. The van der Waals surface area contributed by atoms with E-state index >= 15 is 0 Å². The summed E-state index contributed by atoms with van der Waals surface area (Å²) in [6, 6.07) is 5.32. The Kier molecular flexibility index (Phi) is 5.32. The van der Waals surface area contributed by atoms with E-state index in [4.69, 9.17) is 34.8 Å². The third-order valence-electron chi connectivity index (χ3n) is 3.44. The Morgan fingerprint density at radius 3 is 2.42 bits per heavy atom. The molecule has 1 aromatic carbocycles. The monoisotopic (exact) mass is 316 g/mol. The summed E-state index contributed by atoms with van der Waals surface area (Å²) in [5.74, 6) is 0.295. The average molecular weight is 318 g/mol. The Balaban J connectivity index is 1.98. The maximum atomic E-state index is 12.0. The van der Waals surface area contributed by atoms with Crippen molar-refractivity contribution in [2.45, 2.75) is 31.1 Å². The molecule has 1 saturated carbocycles. The largest absolute Gasteiger partial charge is 0.295 e. The molecule has 4 heteroatoms. The van der Waals surface area contributed by atoms with Gasteiger partial charge in [0.05, 0.1) is 10.0 Å². The minimum absolute atomic E-state index is 0.119. The second-order valence-corrected chi connectivity index (χ2v) is 6.29. The highest BCUT2D eigenvalue weighted by Gasteiger charge is 2.23. The van der Waals surface area contributed by atoms with Gasteiger partial charge in [-0.25, -0.2) is 0 Å². The summed E-state index contributed by atoms with van der Waals surface area (Å²) in [5.41, 5.74) is 0.883. The van der Waals surface area contributed by atoms with Crippen molar-refractivity contribution in [2.75, 3.05) is 0 Å². The number of benzene rings is 1. The summed E-state index contributed by atoms with van der Waals surface area (Å²) >= 11 is 17.8. The number of carbonyl (C=O) groups excluding carboxylic acids is 1. The van der Waals surface area contributed by atoms with Gasteiger partial charge in [0.15, 0.2) is 5.78 Å². The lowest BCUT2D eigenvalue weighted by atomic mass is 9.85. The molecule has 0 aliphatic heterocycles. The number of alkyl halides is 1. The quantitative estimate of drug-likeness (QED) is 0.541. The van der Waals surface area contributed by atoms with Gasteiger partial charge in [0, 0.05) is 11.3 Å². The molecular weight excluding hydrogens is 303 g/mol.